The summed E-state index contributed by atoms with van der Waals surface area (Å²) in [6.07, 6.45) is 6.36. The Kier molecular flexibility index (Phi) is 30.9. The lowest BCUT2D eigenvalue weighted by Crippen LogP contribution is -2.49. The monoisotopic (exact) mass is 1310 g/mol. The van der Waals surface area contributed by atoms with Crippen LogP contribution in [0.15, 0.2) is 176 Å². The Hall–Kier alpha value is -8.37. The summed E-state index contributed by atoms with van der Waals surface area (Å²) in [4.78, 5) is 116. The van der Waals surface area contributed by atoms with E-state index >= 15 is 9.59 Å². The normalized spacial score (nSPS) is 13.2. The quantitative estimate of drug-likeness (QED) is 0.0142. The number of carbonyl (C=O) groups excluding carboxylic acids is 8. The van der Waals surface area contributed by atoms with Crippen LogP contribution in [0.2, 0.25) is 0 Å². The number of thioether (sulfide) groups is 1. The molecule has 0 aromatic heterocycles. The number of carbonyl (C=O) groups is 8. The van der Waals surface area contributed by atoms with Crippen LogP contribution in [0.3, 0.4) is 0 Å². The van der Waals surface area contributed by atoms with E-state index in [1.54, 1.807) is 65.8 Å². The number of Topliss-reactive ketones (excluding diaryl/α,β-unsaturated/α-hetero) is 3. The van der Waals surface area contributed by atoms with Gasteiger partial charge in [-0.15, -0.1) is 11.8 Å². The lowest BCUT2D eigenvalue weighted by Gasteiger charge is -2.36. The zero-order valence-electron chi connectivity index (χ0n) is 56.9. The van der Waals surface area contributed by atoms with Crippen LogP contribution in [0.1, 0.15) is 179 Å². The first-order valence-electron chi connectivity index (χ1n) is 33.7. The maximum atomic E-state index is 15.3. The highest BCUT2D eigenvalue weighted by Crippen LogP contribution is 2.49. The standard InChI is InChI=1S/C79H99N3O12S/c1-9-11-12-13-14-15-16-32-43-65(83)52-60(50-57-33-22-17-23-34-57)73(87)80-68(51-58-35-24-18-25-36-58)70(84)49-48-67(82-76(90)94-78(6,7)8)71(85)53-61(54-72(86)93-77(3,4)5)74(88)81-69(75(89)92-55-59-44-46-66(47-45-59)91-10-2)56-95-79(62-37-26-19-27-38-62,63-39-28-20-29-40-63)64-41-30-21-31-42-64/h17-31,33-42,44-47,60-61,67-69H,9-16,32,43,48-56H2,1-8H3,(H,80,87)(H,81,88)(H,82,90)/t60-,61+,67+,68+,69+/m1/s1. The van der Waals surface area contributed by atoms with Gasteiger partial charge >= 0.3 is 18.0 Å². The first kappa shape index (κ1) is 75.7. The van der Waals surface area contributed by atoms with Gasteiger partial charge in [-0.1, -0.05) is 216 Å². The molecule has 3 amide bonds. The average molecular weight is 1310 g/mol. The second-order valence-corrected chi connectivity index (χ2v) is 27.5. The minimum absolute atomic E-state index is 0.0156. The van der Waals surface area contributed by atoms with Gasteiger partial charge in [0.15, 0.2) is 11.6 Å². The number of hydrogen-bond donors (Lipinski definition) is 3. The van der Waals surface area contributed by atoms with Crippen LogP contribution in [0.4, 0.5) is 4.79 Å². The number of amides is 3. The van der Waals surface area contributed by atoms with Crippen molar-refractivity contribution in [2.45, 2.75) is 199 Å². The number of ether oxygens (including phenoxy) is 4. The second kappa shape index (κ2) is 38.9. The number of hydrogen-bond acceptors (Lipinski definition) is 13. The predicted molar refractivity (Wildman–Crippen MR) is 375 cm³/mol. The summed E-state index contributed by atoms with van der Waals surface area (Å²) < 4.78 is 22.1. The highest BCUT2D eigenvalue weighted by Gasteiger charge is 2.41. The predicted octanol–water partition coefficient (Wildman–Crippen LogP) is 15.0. The summed E-state index contributed by atoms with van der Waals surface area (Å²) in [6.45, 7) is 14.3. The van der Waals surface area contributed by atoms with Gasteiger partial charge in [-0.2, -0.15) is 0 Å². The highest BCUT2D eigenvalue weighted by molar-refractivity contribution is 8.00. The molecule has 0 fully saturated rings. The van der Waals surface area contributed by atoms with Crippen molar-refractivity contribution in [3.8, 4) is 5.75 Å². The maximum absolute atomic E-state index is 15.3. The largest absolute Gasteiger partial charge is 0.494 e. The molecular weight excluding hydrogens is 1210 g/mol. The smallest absolute Gasteiger partial charge is 0.408 e. The summed E-state index contributed by atoms with van der Waals surface area (Å²) in [5, 5.41) is 8.59. The molecule has 0 aliphatic heterocycles. The second-order valence-electron chi connectivity index (χ2n) is 26.3. The minimum atomic E-state index is -1.49. The topological polar surface area (TPSA) is 210 Å². The van der Waals surface area contributed by atoms with Crippen molar-refractivity contribution < 1.29 is 57.3 Å². The molecule has 0 saturated carbocycles. The van der Waals surface area contributed by atoms with E-state index in [9.17, 15) is 28.8 Å². The molecule has 6 aromatic carbocycles. The Morgan fingerprint density at radius 2 is 0.937 bits per heavy atom. The van der Waals surface area contributed by atoms with Crippen LogP contribution in [0.5, 0.6) is 5.75 Å². The van der Waals surface area contributed by atoms with Gasteiger partial charge in [0.2, 0.25) is 11.8 Å². The van der Waals surface area contributed by atoms with E-state index in [0.717, 1.165) is 53.5 Å². The number of rotatable bonds is 40. The van der Waals surface area contributed by atoms with Crippen molar-refractivity contribution in [1.29, 1.82) is 0 Å². The molecule has 16 heteroatoms. The zero-order chi connectivity index (χ0) is 68.6. The van der Waals surface area contributed by atoms with E-state index in [1.807, 2.05) is 159 Å². The fraction of sp³-hybridized carbons (Fsp3) is 0.443. The van der Waals surface area contributed by atoms with Crippen molar-refractivity contribution in [2.24, 2.45) is 11.8 Å². The SMILES string of the molecule is CCCCCCCCCCC(=O)C[C@@H](Cc1ccccc1)C(=O)N[C@@H](Cc1ccccc1)C(=O)CC[C@H](NC(=O)OC(C)(C)C)C(=O)C[C@@H](CC(=O)OC(C)(C)C)C(=O)N[C@@H](CSC(c1ccccc1)(c1ccccc1)c1ccccc1)C(=O)OCc1ccc(OCC)cc1. The van der Waals surface area contributed by atoms with Gasteiger partial charge in [-0.3, -0.25) is 28.8 Å². The summed E-state index contributed by atoms with van der Waals surface area (Å²) in [7, 11) is 0. The van der Waals surface area contributed by atoms with Crippen molar-refractivity contribution in [2.75, 3.05) is 12.4 Å². The molecule has 3 N–H and O–H groups in total. The van der Waals surface area contributed by atoms with E-state index in [2.05, 4.69) is 22.9 Å². The molecule has 0 aliphatic rings. The molecule has 0 radical (unpaired) electrons. The molecule has 0 bridgehead atoms. The molecule has 95 heavy (non-hydrogen) atoms. The molecule has 0 aliphatic carbocycles. The fourth-order valence-electron chi connectivity index (χ4n) is 11.4. The Morgan fingerprint density at radius 3 is 1.45 bits per heavy atom. The highest BCUT2D eigenvalue weighted by atomic mass is 32.2. The summed E-state index contributed by atoms with van der Waals surface area (Å²) in [5.41, 5.74) is 2.91. The van der Waals surface area contributed by atoms with Crippen molar-refractivity contribution in [3.63, 3.8) is 0 Å². The third-order valence-electron chi connectivity index (χ3n) is 16.1. The van der Waals surface area contributed by atoms with Gasteiger partial charge in [-0.25, -0.2) is 9.59 Å². The van der Waals surface area contributed by atoms with Crippen molar-refractivity contribution >= 4 is 59.0 Å². The Balaban J connectivity index is 1.31. The molecule has 6 rings (SSSR count). The van der Waals surface area contributed by atoms with Crippen LogP contribution in [0.25, 0.3) is 0 Å². The molecule has 0 spiro atoms. The Labute approximate surface area is 567 Å². The first-order valence-corrected chi connectivity index (χ1v) is 34.7. The average Bonchev–Trinajstić information content (AvgIpc) is 0.760. The van der Waals surface area contributed by atoms with Crippen LogP contribution in [0, 0.1) is 11.8 Å². The number of ketones is 3. The van der Waals surface area contributed by atoms with Gasteiger partial charge in [0.05, 0.1) is 35.8 Å². The van der Waals surface area contributed by atoms with E-state index in [1.165, 1.54) is 37.4 Å². The summed E-state index contributed by atoms with van der Waals surface area (Å²) >= 11 is 1.40. The van der Waals surface area contributed by atoms with Gasteiger partial charge in [-0.05, 0) is 120 Å². The minimum Gasteiger partial charge on any atom is -0.494 e. The third-order valence-corrected chi connectivity index (χ3v) is 17.7. The van der Waals surface area contributed by atoms with Gasteiger partial charge in [0.25, 0.3) is 0 Å². The summed E-state index contributed by atoms with van der Waals surface area (Å²) in [5.74, 6) is -5.86. The van der Waals surface area contributed by atoms with Crippen LogP contribution in [-0.4, -0.2) is 88.9 Å². The first-order chi connectivity index (χ1) is 45.5. The Bertz CT molecular complexity index is 3240. The Morgan fingerprint density at radius 1 is 0.453 bits per heavy atom. The number of esters is 2. The molecule has 15 nitrogen and oxygen atoms in total. The van der Waals surface area contributed by atoms with Crippen LogP contribution in [-0.2, 0) is 72.0 Å². The molecule has 0 saturated heterocycles. The van der Waals surface area contributed by atoms with E-state index < -0.39 is 100 Å². The van der Waals surface area contributed by atoms with Crippen LogP contribution >= 0.6 is 11.8 Å². The number of unbranched alkanes of at least 4 members (excludes halogenated alkanes) is 7. The van der Waals surface area contributed by atoms with E-state index in [0.29, 0.717) is 24.3 Å². The molecule has 0 heterocycles. The van der Waals surface area contributed by atoms with Gasteiger partial charge < -0.3 is 34.9 Å². The van der Waals surface area contributed by atoms with Gasteiger partial charge in [0.1, 0.15) is 35.4 Å². The fourth-order valence-corrected chi connectivity index (χ4v) is 12.9. The molecule has 5 atom stereocenters. The molecule has 6 aromatic rings. The van der Waals surface area contributed by atoms with Crippen molar-refractivity contribution in [3.05, 3.63) is 209 Å². The maximum Gasteiger partial charge on any atom is 0.408 e. The lowest BCUT2D eigenvalue weighted by molar-refractivity contribution is -0.157. The molecule has 0 unspecified atom stereocenters. The number of nitrogens with one attached hydrogen (secondary N) is 3. The third kappa shape index (κ3) is 26.4. The van der Waals surface area contributed by atoms with Crippen LogP contribution < -0.4 is 20.7 Å². The molecular formula is C79H99N3O12S. The molecule has 508 valence electrons. The summed E-state index contributed by atoms with van der Waals surface area (Å²) in [6, 6.07) is 51.1. The number of alkyl carbamates (subject to hydrolysis) is 1. The van der Waals surface area contributed by atoms with Crippen molar-refractivity contribution in [1.82, 2.24) is 16.0 Å². The van der Waals surface area contributed by atoms with Gasteiger partial charge in [0, 0.05) is 37.4 Å². The number of benzene rings is 6. The lowest BCUT2D eigenvalue weighted by atomic mass is 9.84. The van der Waals surface area contributed by atoms with E-state index in [4.69, 9.17) is 18.9 Å². The van der Waals surface area contributed by atoms with E-state index in [-0.39, 0.29) is 50.2 Å². The zero-order valence-corrected chi connectivity index (χ0v) is 57.7.